The van der Waals surface area contributed by atoms with Gasteiger partial charge >= 0.3 is 0 Å². The van der Waals surface area contributed by atoms with Crippen molar-refractivity contribution in [3.05, 3.63) is 28.2 Å². The van der Waals surface area contributed by atoms with E-state index in [4.69, 9.17) is 0 Å². The number of hydrogen-bond donors (Lipinski definition) is 2. The number of phenolic OH excluding ortho intramolecular Hbond substituents is 1. The third-order valence-corrected chi connectivity index (χ3v) is 5.47. The predicted octanol–water partition coefficient (Wildman–Crippen LogP) is 3.11. The van der Waals surface area contributed by atoms with Crippen LogP contribution >= 0.6 is 15.9 Å². The number of halogens is 1. The predicted molar refractivity (Wildman–Crippen MR) is 82.9 cm³/mol. The first-order valence-electron chi connectivity index (χ1n) is 6.69. The smallest absolute Gasteiger partial charge is 0.120 e. The molecule has 0 amide bonds. The molecule has 0 radical (unpaired) electrons. The maximum atomic E-state index is 11.4. The molecular formula is C14H20BrNO2S. The third kappa shape index (κ3) is 4.04. The van der Waals surface area contributed by atoms with Crippen molar-refractivity contribution in [2.24, 2.45) is 0 Å². The van der Waals surface area contributed by atoms with Gasteiger partial charge in [0.1, 0.15) is 5.75 Å². The lowest BCUT2D eigenvalue weighted by Crippen LogP contribution is -2.38. The van der Waals surface area contributed by atoms with E-state index in [1.54, 1.807) is 6.07 Å². The molecule has 2 rings (SSSR count). The first-order valence-corrected chi connectivity index (χ1v) is 8.97. The Balaban J connectivity index is 2.07. The fourth-order valence-electron chi connectivity index (χ4n) is 2.48. The van der Waals surface area contributed by atoms with Crippen LogP contribution in [0.15, 0.2) is 22.7 Å². The summed E-state index contributed by atoms with van der Waals surface area (Å²) in [5.74, 6) is 1.92. The maximum Gasteiger partial charge on any atom is 0.120 e. The van der Waals surface area contributed by atoms with Gasteiger partial charge < -0.3 is 10.4 Å². The fourth-order valence-corrected chi connectivity index (χ4v) is 4.15. The minimum absolute atomic E-state index is 0.147. The summed E-state index contributed by atoms with van der Waals surface area (Å²) in [6, 6.07) is 6.09. The molecule has 0 aliphatic carbocycles. The highest BCUT2D eigenvalue weighted by atomic mass is 79.9. The molecule has 1 aliphatic heterocycles. The van der Waals surface area contributed by atoms with Crippen molar-refractivity contribution in [3.8, 4) is 5.75 Å². The number of nitrogens with one attached hydrogen (secondary N) is 1. The fraction of sp³-hybridized carbons (Fsp3) is 0.571. The minimum Gasteiger partial charge on any atom is -0.508 e. The van der Waals surface area contributed by atoms with Crippen molar-refractivity contribution >= 4 is 26.7 Å². The van der Waals surface area contributed by atoms with E-state index in [0.29, 0.717) is 11.8 Å². The minimum atomic E-state index is -0.627. The van der Waals surface area contributed by atoms with Crippen LogP contribution in [-0.2, 0) is 10.8 Å². The van der Waals surface area contributed by atoms with E-state index in [9.17, 15) is 9.32 Å². The normalized spacial score (nSPS) is 25.2. The molecular weight excluding hydrogens is 326 g/mol. The summed E-state index contributed by atoms with van der Waals surface area (Å²) in [6.45, 7) is 2.11. The van der Waals surface area contributed by atoms with Crippen LogP contribution in [0, 0.1) is 0 Å². The summed E-state index contributed by atoms with van der Waals surface area (Å²) in [6.07, 6.45) is 2.83. The molecule has 1 aromatic rings. The Morgan fingerprint density at radius 3 is 2.79 bits per heavy atom. The molecule has 1 aliphatic rings. The Bertz CT molecular complexity index is 457. The van der Waals surface area contributed by atoms with E-state index in [1.165, 1.54) is 0 Å². The Kier molecular flexibility index (Phi) is 5.42. The molecule has 1 fully saturated rings. The van der Waals surface area contributed by atoms with Crippen LogP contribution in [0.1, 0.15) is 37.8 Å². The lowest BCUT2D eigenvalue weighted by Gasteiger charge is -2.28. The molecule has 1 saturated heterocycles. The molecule has 0 saturated carbocycles. The molecule has 106 valence electrons. The van der Waals surface area contributed by atoms with Crippen molar-refractivity contribution in [2.45, 2.75) is 38.3 Å². The summed E-state index contributed by atoms with van der Waals surface area (Å²) in [4.78, 5) is 0. The first-order chi connectivity index (χ1) is 9.10. The van der Waals surface area contributed by atoms with Crippen molar-refractivity contribution in [2.75, 3.05) is 11.5 Å². The van der Waals surface area contributed by atoms with Gasteiger partial charge in [-0.15, -0.1) is 0 Å². The standard InChI is InChI=1S/C14H20BrNO2S/c1-2-13(12-9-10(15)3-4-14(12)17)16-11-5-7-19(18)8-6-11/h3-4,9,11,13,16-17H,2,5-8H2,1H3. The van der Waals surface area contributed by atoms with E-state index < -0.39 is 10.8 Å². The van der Waals surface area contributed by atoms with Crippen molar-refractivity contribution in [1.82, 2.24) is 5.32 Å². The lowest BCUT2D eigenvalue weighted by molar-refractivity contribution is 0.386. The molecule has 1 heterocycles. The largest absolute Gasteiger partial charge is 0.508 e. The quantitative estimate of drug-likeness (QED) is 0.881. The summed E-state index contributed by atoms with van der Waals surface area (Å²) in [5.41, 5.74) is 0.934. The zero-order valence-corrected chi connectivity index (χ0v) is 13.5. The highest BCUT2D eigenvalue weighted by Crippen LogP contribution is 2.30. The topological polar surface area (TPSA) is 49.3 Å². The summed E-state index contributed by atoms with van der Waals surface area (Å²) >= 11 is 3.45. The number of rotatable bonds is 4. The zero-order chi connectivity index (χ0) is 13.8. The van der Waals surface area contributed by atoms with Crippen LogP contribution in [0.5, 0.6) is 5.75 Å². The van der Waals surface area contributed by atoms with E-state index in [1.807, 2.05) is 12.1 Å². The van der Waals surface area contributed by atoms with Gasteiger partial charge in [0, 0.05) is 44.4 Å². The molecule has 0 spiro atoms. The van der Waals surface area contributed by atoms with Crippen LogP contribution in [-0.4, -0.2) is 26.9 Å². The van der Waals surface area contributed by atoms with Crippen LogP contribution < -0.4 is 5.32 Å². The van der Waals surface area contributed by atoms with Gasteiger partial charge in [-0.1, -0.05) is 22.9 Å². The second-order valence-corrected chi connectivity index (χ2v) is 7.56. The van der Waals surface area contributed by atoms with Crippen molar-refractivity contribution in [3.63, 3.8) is 0 Å². The average molecular weight is 346 g/mol. The molecule has 0 aromatic heterocycles. The number of benzene rings is 1. The van der Waals surface area contributed by atoms with E-state index in [2.05, 4.69) is 28.2 Å². The van der Waals surface area contributed by atoms with Crippen LogP contribution in [0.2, 0.25) is 0 Å². The number of hydrogen-bond acceptors (Lipinski definition) is 3. The molecule has 2 N–H and O–H groups in total. The van der Waals surface area contributed by atoms with Gasteiger partial charge in [-0.3, -0.25) is 4.21 Å². The first kappa shape index (κ1) is 15.0. The van der Waals surface area contributed by atoms with Crippen molar-refractivity contribution < 1.29 is 9.32 Å². The monoisotopic (exact) mass is 345 g/mol. The molecule has 3 nitrogen and oxygen atoms in total. The maximum absolute atomic E-state index is 11.4. The van der Waals surface area contributed by atoms with E-state index in [0.717, 1.165) is 40.8 Å². The molecule has 5 heteroatoms. The highest BCUT2D eigenvalue weighted by Gasteiger charge is 2.22. The second-order valence-electron chi connectivity index (χ2n) is 4.95. The lowest BCUT2D eigenvalue weighted by atomic mass is 10.0. The SMILES string of the molecule is CCC(NC1CCS(=O)CC1)c1cc(Br)ccc1O. The van der Waals surface area contributed by atoms with Crippen LogP contribution in [0.4, 0.5) is 0 Å². The van der Waals surface area contributed by atoms with Gasteiger partial charge in [0.25, 0.3) is 0 Å². The number of aromatic hydroxyl groups is 1. The highest BCUT2D eigenvalue weighted by molar-refractivity contribution is 9.10. The molecule has 19 heavy (non-hydrogen) atoms. The second kappa shape index (κ2) is 6.86. The number of phenols is 1. The van der Waals surface area contributed by atoms with E-state index in [-0.39, 0.29) is 6.04 Å². The average Bonchev–Trinajstić information content (AvgIpc) is 2.41. The van der Waals surface area contributed by atoms with Crippen LogP contribution in [0.3, 0.4) is 0 Å². The molecule has 0 bridgehead atoms. The summed E-state index contributed by atoms with van der Waals surface area (Å²) < 4.78 is 12.3. The van der Waals surface area contributed by atoms with Gasteiger partial charge in [0.05, 0.1) is 0 Å². The van der Waals surface area contributed by atoms with Gasteiger partial charge in [-0.25, -0.2) is 0 Å². The van der Waals surface area contributed by atoms with Gasteiger partial charge in [0.2, 0.25) is 0 Å². The third-order valence-electron chi connectivity index (χ3n) is 3.60. The molecule has 1 unspecified atom stereocenters. The van der Waals surface area contributed by atoms with E-state index >= 15 is 0 Å². The van der Waals surface area contributed by atoms with Gasteiger partial charge in [-0.05, 0) is 37.5 Å². The van der Waals surface area contributed by atoms with Gasteiger partial charge in [0.15, 0.2) is 0 Å². The Labute approximate surface area is 125 Å². The molecule has 1 atom stereocenters. The van der Waals surface area contributed by atoms with Crippen molar-refractivity contribution in [1.29, 1.82) is 0 Å². The van der Waals surface area contributed by atoms with Gasteiger partial charge in [-0.2, -0.15) is 0 Å². The Morgan fingerprint density at radius 1 is 1.47 bits per heavy atom. The summed E-state index contributed by atoms with van der Waals surface area (Å²) in [7, 11) is -0.627. The Morgan fingerprint density at radius 2 is 2.16 bits per heavy atom. The molecule has 1 aromatic carbocycles. The zero-order valence-electron chi connectivity index (χ0n) is 11.1. The van der Waals surface area contributed by atoms with Crippen LogP contribution in [0.25, 0.3) is 0 Å². The Hall–Kier alpha value is -0.390. The summed E-state index contributed by atoms with van der Waals surface area (Å²) in [5, 5.41) is 13.6.